The van der Waals surface area contributed by atoms with Crippen molar-refractivity contribution in [2.75, 3.05) is 0 Å². The summed E-state index contributed by atoms with van der Waals surface area (Å²) in [5, 5.41) is 5.98. The van der Waals surface area contributed by atoms with Gasteiger partial charge >= 0.3 is 0 Å². The summed E-state index contributed by atoms with van der Waals surface area (Å²) < 4.78 is 0. The van der Waals surface area contributed by atoms with Gasteiger partial charge in [0.25, 0.3) is 5.91 Å². The number of hydrogen-bond acceptors (Lipinski definition) is 3. The lowest BCUT2D eigenvalue weighted by Crippen LogP contribution is -2.22. The van der Waals surface area contributed by atoms with Crippen molar-refractivity contribution in [2.45, 2.75) is 0 Å². The Balaban J connectivity index is 1.73. The van der Waals surface area contributed by atoms with Crippen LogP contribution < -0.4 is 5.43 Å². The highest BCUT2D eigenvalue weighted by Crippen LogP contribution is 2.30. The van der Waals surface area contributed by atoms with Crippen LogP contribution in [0.4, 0.5) is 0 Å². The van der Waals surface area contributed by atoms with Crippen LogP contribution in [0.2, 0.25) is 0 Å². The van der Waals surface area contributed by atoms with E-state index in [-0.39, 0.29) is 17.4 Å². The van der Waals surface area contributed by atoms with Gasteiger partial charge in [-0.3, -0.25) is 9.59 Å². The average molecular weight is 300 g/mol. The fourth-order valence-corrected chi connectivity index (χ4v) is 2.85. The molecule has 1 aliphatic rings. The number of ketones is 1. The molecule has 0 saturated carbocycles. The summed E-state index contributed by atoms with van der Waals surface area (Å²) in [6.45, 7) is 0. The van der Waals surface area contributed by atoms with Gasteiger partial charge in [-0.25, -0.2) is 5.43 Å². The van der Waals surface area contributed by atoms with Gasteiger partial charge in [0.1, 0.15) is 5.71 Å². The molecule has 23 heavy (non-hydrogen) atoms. The van der Waals surface area contributed by atoms with E-state index < -0.39 is 0 Å². The van der Waals surface area contributed by atoms with E-state index in [1.807, 2.05) is 36.4 Å². The molecular weight excluding hydrogens is 288 g/mol. The lowest BCUT2D eigenvalue weighted by Gasteiger charge is -2.02. The predicted molar refractivity (Wildman–Crippen MR) is 88.7 cm³/mol. The first-order valence-corrected chi connectivity index (χ1v) is 7.25. The van der Waals surface area contributed by atoms with Crippen LogP contribution in [0, 0.1) is 0 Å². The van der Waals surface area contributed by atoms with Crippen LogP contribution in [-0.4, -0.2) is 17.4 Å². The first-order chi connectivity index (χ1) is 11.3. The molecule has 4 rings (SSSR count). The molecule has 0 bridgehead atoms. The number of carbonyl (C=O) groups excluding carboxylic acids is 2. The molecule has 1 aliphatic carbocycles. The maximum absolute atomic E-state index is 12.5. The van der Waals surface area contributed by atoms with Gasteiger partial charge in [-0.05, 0) is 17.5 Å². The number of nitrogens with one attached hydrogen (secondary N) is 1. The Morgan fingerprint density at radius 2 is 1.52 bits per heavy atom. The molecule has 0 unspecified atom stereocenters. The van der Waals surface area contributed by atoms with Crippen LogP contribution in [0.5, 0.6) is 0 Å². The Kier molecular flexibility index (Phi) is 3.01. The number of hydrogen-bond donors (Lipinski definition) is 1. The molecule has 0 radical (unpaired) electrons. The lowest BCUT2D eigenvalue weighted by molar-refractivity contribution is 0.0955. The van der Waals surface area contributed by atoms with Gasteiger partial charge in [0.15, 0.2) is 0 Å². The molecule has 0 heterocycles. The standard InChI is InChI=1S/C19H12N2O2/c22-18-15-11-5-9-12-8-4-10-14(16(12)15)17(18)20-21-19(23)13-6-2-1-3-7-13/h1-11H,(H,21,23)/b20-17+. The SMILES string of the molecule is O=C(N/N=C1/C(=O)c2cccc3cccc1c23)c1ccccc1. The molecule has 0 aromatic heterocycles. The predicted octanol–water partition coefficient (Wildman–Crippen LogP) is 3.17. The van der Waals surface area contributed by atoms with E-state index in [4.69, 9.17) is 0 Å². The first kappa shape index (κ1) is 13.4. The highest BCUT2D eigenvalue weighted by Gasteiger charge is 2.28. The summed E-state index contributed by atoms with van der Waals surface area (Å²) >= 11 is 0. The number of amides is 1. The van der Waals surface area contributed by atoms with Crippen LogP contribution >= 0.6 is 0 Å². The highest BCUT2D eigenvalue weighted by molar-refractivity contribution is 6.59. The Hall–Kier alpha value is -3.27. The number of nitrogens with zero attached hydrogens (tertiary/aromatic N) is 1. The Morgan fingerprint density at radius 1 is 0.826 bits per heavy atom. The van der Waals surface area contributed by atoms with E-state index in [9.17, 15) is 9.59 Å². The molecule has 0 aliphatic heterocycles. The molecule has 3 aromatic carbocycles. The molecule has 4 nitrogen and oxygen atoms in total. The minimum absolute atomic E-state index is 0.162. The fourth-order valence-electron chi connectivity index (χ4n) is 2.85. The zero-order valence-corrected chi connectivity index (χ0v) is 12.1. The van der Waals surface area contributed by atoms with E-state index in [1.54, 1.807) is 30.3 Å². The van der Waals surface area contributed by atoms with Crippen molar-refractivity contribution < 1.29 is 9.59 Å². The van der Waals surface area contributed by atoms with Crippen molar-refractivity contribution in [2.24, 2.45) is 5.10 Å². The first-order valence-electron chi connectivity index (χ1n) is 7.25. The van der Waals surface area contributed by atoms with E-state index in [0.717, 1.165) is 16.3 Å². The number of benzene rings is 3. The van der Waals surface area contributed by atoms with Crippen molar-refractivity contribution in [1.82, 2.24) is 5.43 Å². The Bertz CT molecular complexity index is 970. The summed E-state index contributed by atoms with van der Waals surface area (Å²) in [6.07, 6.45) is 0. The molecule has 1 N–H and O–H groups in total. The van der Waals surface area contributed by atoms with E-state index in [2.05, 4.69) is 10.5 Å². The van der Waals surface area contributed by atoms with Gasteiger partial charge in [0.2, 0.25) is 5.78 Å². The lowest BCUT2D eigenvalue weighted by atomic mass is 10.1. The van der Waals surface area contributed by atoms with Crippen molar-refractivity contribution >= 4 is 28.2 Å². The monoisotopic (exact) mass is 300 g/mol. The van der Waals surface area contributed by atoms with Crippen molar-refractivity contribution in [3.8, 4) is 0 Å². The molecule has 110 valence electrons. The van der Waals surface area contributed by atoms with Crippen molar-refractivity contribution in [1.29, 1.82) is 0 Å². The topological polar surface area (TPSA) is 58.5 Å². The van der Waals surface area contributed by atoms with Gasteiger partial charge in [0.05, 0.1) is 0 Å². The zero-order valence-electron chi connectivity index (χ0n) is 12.1. The molecule has 0 saturated heterocycles. The van der Waals surface area contributed by atoms with Crippen LogP contribution in [-0.2, 0) is 0 Å². The van der Waals surface area contributed by atoms with Crippen LogP contribution in [0.3, 0.4) is 0 Å². The van der Waals surface area contributed by atoms with Crippen LogP contribution in [0.25, 0.3) is 10.8 Å². The number of carbonyl (C=O) groups is 2. The summed E-state index contributed by atoms with van der Waals surface area (Å²) in [5.74, 6) is -0.501. The van der Waals surface area contributed by atoms with Gasteiger partial charge in [-0.15, -0.1) is 0 Å². The number of Topliss-reactive ketones (excluding diaryl/α,β-unsaturated/α-hetero) is 1. The average Bonchev–Trinajstić information content (AvgIpc) is 2.88. The Morgan fingerprint density at radius 3 is 2.26 bits per heavy atom. The minimum Gasteiger partial charge on any atom is -0.287 e. The van der Waals surface area contributed by atoms with E-state index in [0.29, 0.717) is 11.1 Å². The van der Waals surface area contributed by atoms with Crippen molar-refractivity contribution in [3.63, 3.8) is 0 Å². The molecular formula is C19H12N2O2. The Labute approximate surface area is 132 Å². The van der Waals surface area contributed by atoms with E-state index in [1.165, 1.54) is 0 Å². The second kappa shape index (κ2) is 5.18. The second-order valence-corrected chi connectivity index (χ2v) is 5.31. The second-order valence-electron chi connectivity index (χ2n) is 5.31. The van der Waals surface area contributed by atoms with Gasteiger partial charge in [-0.2, -0.15) is 5.10 Å². The van der Waals surface area contributed by atoms with Gasteiger partial charge in [0, 0.05) is 22.1 Å². The molecule has 3 aromatic rings. The normalized spacial score (nSPS) is 14.4. The largest absolute Gasteiger partial charge is 0.287 e. The molecule has 0 fully saturated rings. The van der Waals surface area contributed by atoms with Crippen LogP contribution in [0.15, 0.2) is 71.8 Å². The van der Waals surface area contributed by atoms with E-state index >= 15 is 0 Å². The summed E-state index contributed by atoms with van der Waals surface area (Å²) in [6, 6.07) is 20.1. The fraction of sp³-hybridized carbons (Fsp3) is 0. The molecule has 1 amide bonds. The molecule has 4 heteroatoms. The maximum Gasteiger partial charge on any atom is 0.271 e. The molecule has 0 atom stereocenters. The van der Waals surface area contributed by atoms with Crippen LogP contribution in [0.1, 0.15) is 26.3 Å². The zero-order chi connectivity index (χ0) is 15.8. The number of rotatable bonds is 2. The highest BCUT2D eigenvalue weighted by atomic mass is 16.2. The third-order valence-electron chi connectivity index (χ3n) is 3.92. The third kappa shape index (κ3) is 2.12. The summed E-state index contributed by atoms with van der Waals surface area (Å²) in [5.41, 5.74) is 4.65. The quantitative estimate of drug-likeness (QED) is 0.739. The maximum atomic E-state index is 12.5. The number of hydrazone groups is 1. The smallest absolute Gasteiger partial charge is 0.271 e. The summed E-state index contributed by atoms with van der Waals surface area (Å²) in [4.78, 5) is 24.6. The van der Waals surface area contributed by atoms with Crippen molar-refractivity contribution in [3.05, 3.63) is 83.4 Å². The van der Waals surface area contributed by atoms with Gasteiger partial charge < -0.3 is 0 Å². The summed E-state index contributed by atoms with van der Waals surface area (Å²) in [7, 11) is 0. The van der Waals surface area contributed by atoms with Gasteiger partial charge in [-0.1, -0.05) is 54.6 Å². The molecule has 0 spiro atoms. The minimum atomic E-state index is -0.339. The third-order valence-corrected chi connectivity index (χ3v) is 3.92.